The number of nitrogens with zero attached hydrogens (tertiary/aromatic N) is 1. The van der Waals surface area contributed by atoms with E-state index in [9.17, 15) is 26.4 Å². The Hall–Kier alpha value is -2.66. The maximum Gasteiger partial charge on any atom is 0.503 e. The first-order valence-electron chi connectivity index (χ1n) is 9.11. The van der Waals surface area contributed by atoms with Gasteiger partial charge < -0.3 is 14.8 Å². The molecule has 0 aliphatic carbocycles. The average Bonchev–Trinajstić information content (AvgIpc) is 2.73. The third kappa shape index (κ3) is 4.90. The van der Waals surface area contributed by atoms with E-state index in [2.05, 4.69) is 10.3 Å². The van der Waals surface area contributed by atoms with E-state index < -0.39 is 31.8 Å². The maximum absolute atomic E-state index is 12.9. The van der Waals surface area contributed by atoms with Gasteiger partial charge in [-0.2, -0.15) is 13.2 Å². The van der Waals surface area contributed by atoms with Crippen molar-refractivity contribution in [3.8, 4) is 5.75 Å². The lowest BCUT2D eigenvalue weighted by Gasteiger charge is -2.23. The number of sulfone groups is 1. The van der Waals surface area contributed by atoms with E-state index in [1.165, 1.54) is 12.1 Å². The third-order valence-corrected chi connectivity index (χ3v) is 5.85. The Kier molecular flexibility index (Phi) is 6.61. The summed E-state index contributed by atoms with van der Waals surface area (Å²) in [5, 5.41) is 1.04. The molecule has 1 fully saturated rings. The van der Waals surface area contributed by atoms with E-state index in [0.29, 0.717) is 6.61 Å². The molecule has 0 saturated carbocycles. The molecule has 7 nitrogen and oxygen atoms in total. The lowest BCUT2D eigenvalue weighted by atomic mass is 10.1. The number of pyridine rings is 1. The zero-order valence-electron chi connectivity index (χ0n) is 15.7. The second-order valence-corrected chi connectivity index (χ2v) is 8.41. The molecule has 11 heteroatoms. The highest BCUT2D eigenvalue weighted by Crippen LogP contribution is 2.32. The number of carbonyl (C=O) groups excluding carboxylic acids is 1. The molecule has 1 atom stereocenters. The van der Waals surface area contributed by atoms with Crippen LogP contribution in [0.25, 0.3) is 0 Å². The molecule has 0 bridgehead atoms. The number of alkyl halides is 3. The second kappa shape index (κ2) is 9.00. The Morgan fingerprint density at radius 3 is 2.67 bits per heavy atom. The second-order valence-electron chi connectivity index (χ2n) is 6.56. The molecule has 2 heterocycles. The molecule has 1 aliphatic heterocycles. The van der Waals surface area contributed by atoms with Gasteiger partial charge in [0.25, 0.3) is 15.7 Å². The van der Waals surface area contributed by atoms with Gasteiger partial charge in [-0.15, -0.1) is 0 Å². The van der Waals surface area contributed by atoms with Crippen molar-refractivity contribution in [2.45, 2.75) is 35.9 Å². The van der Waals surface area contributed by atoms with Gasteiger partial charge in [-0.05, 0) is 43.5 Å². The van der Waals surface area contributed by atoms with Crippen LogP contribution in [0.3, 0.4) is 0 Å². The largest absolute Gasteiger partial charge is 0.503 e. The molecule has 0 spiro atoms. The van der Waals surface area contributed by atoms with Crippen molar-refractivity contribution in [1.29, 1.82) is 0 Å². The van der Waals surface area contributed by atoms with Crippen molar-refractivity contribution in [3.05, 3.63) is 48.2 Å². The minimum atomic E-state index is -5.80. The molecule has 1 aromatic carbocycles. The van der Waals surface area contributed by atoms with Crippen LogP contribution in [-0.2, 0) is 14.6 Å². The summed E-state index contributed by atoms with van der Waals surface area (Å²) in [6.45, 7) is 0.886. The molecule has 1 saturated heterocycles. The number of para-hydroxylation sites is 2. The highest BCUT2D eigenvalue weighted by Gasteiger charge is 2.49. The molecule has 2 aromatic rings. The van der Waals surface area contributed by atoms with Crippen LogP contribution in [0.1, 0.15) is 29.6 Å². The fourth-order valence-electron chi connectivity index (χ4n) is 2.89. The van der Waals surface area contributed by atoms with Crippen LogP contribution in [0, 0.1) is 0 Å². The quantitative estimate of drug-likeness (QED) is 0.732. The summed E-state index contributed by atoms with van der Waals surface area (Å²) in [4.78, 5) is 15.9. The number of hydrogen-bond acceptors (Lipinski definition) is 6. The number of benzene rings is 1. The topological polar surface area (TPSA) is 94.6 Å². The van der Waals surface area contributed by atoms with Crippen molar-refractivity contribution in [3.63, 3.8) is 0 Å². The molecule has 1 unspecified atom stereocenters. The Morgan fingerprint density at radius 1 is 1.20 bits per heavy atom. The van der Waals surface area contributed by atoms with Crippen LogP contribution in [0.5, 0.6) is 5.75 Å². The van der Waals surface area contributed by atoms with E-state index >= 15 is 0 Å². The molecular weight excluding hydrogens is 425 g/mol. The van der Waals surface area contributed by atoms with Gasteiger partial charge in [0.2, 0.25) is 0 Å². The van der Waals surface area contributed by atoms with E-state index in [1.807, 2.05) is 0 Å². The zero-order chi connectivity index (χ0) is 21.8. The van der Waals surface area contributed by atoms with Crippen LogP contribution < -0.4 is 10.1 Å². The Bertz CT molecular complexity index is 1010. The van der Waals surface area contributed by atoms with Crippen LogP contribution >= 0.6 is 0 Å². The number of halogens is 3. The summed E-state index contributed by atoms with van der Waals surface area (Å²) >= 11 is 0. The first kappa shape index (κ1) is 22.0. The van der Waals surface area contributed by atoms with Crippen molar-refractivity contribution in [1.82, 2.24) is 4.98 Å². The van der Waals surface area contributed by atoms with Crippen molar-refractivity contribution in [2.24, 2.45) is 0 Å². The summed E-state index contributed by atoms with van der Waals surface area (Å²) in [6.07, 6.45) is 3.62. The Morgan fingerprint density at radius 2 is 1.97 bits per heavy atom. The molecule has 1 amide bonds. The maximum atomic E-state index is 12.9. The number of carbonyl (C=O) groups is 1. The summed E-state index contributed by atoms with van der Waals surface area (Å²) in [5.41, 5.74) is -6.13. The molecular formula is C19H19F3N2O5S. The molecule has 1 aromatic heterocycles. The van der Waals surface area contributed by atoms with Gasteiger partial charge in [0, 0.05) is 12.8 Å². The Labute approximate surface area is 171 Å². The molecule has 1 N–H and O–H groups in total. The van der Waals surface area contributed by atoms with Gasteiger partial charge in [0.1, 0.15) is 12.4 Å². The summed E-state index contributed by atoms with van der Waals surface area (Å²) in [6, 6.07) is 8.46. The van der Waals surface area contributed by atoms with Gasteiger partial charge in [0.15, 0.2) is 5.03 Å². The number of rotatable bonds is 6. The van der Waals surface area contributed by atoms with Crippen LogP contribution in [0.2, 0.25) is 0 Å². The van der Waals surface area contributed by atoms with Crippen molar-refractivity contribution in [2.75, 3.05) is 18.5 Å². The normalized spacial score (nSPS) is 17.4. The summed E-state index contributed by atoms with van der Waals surface area (Å²) in [5.74, 6) is -0.778. The molecule has 162 valence electrons. The zero-order valence-corrected chi connectivity index (χ0v) is 16.5. The fraction of sp³-hybridized carbons (Fsp3) is 0.368. The lowest BCUT2D eigenvalue weighted by Crippen LogP contribution is -2.28. The standard InChI is InChI=1S/C19H19F3N2O5S/c20-19(21,22)30(26,27)18-14(7-5-10-23-18)17(25)24-15-8-1-2-9-16(15)29-12-13-6-3-4-11-28-13/h1-2,5,7-10,13H,3-4,6,11-12H2,(H,24,25). The number of ether oxygens (including phenoxy) is 2. The monoisotopic (exact) mass is 444 g/mol. The number of hydrogen-bond donors (Lipinski definition) is 1. The van der Waals surface area contributed by atoms with Crippen LogP contribution in [0.15, 0.2) is 47.6 Å². The van der Waals surface area contributed by atoms with Crippen molar-refractivity contribution >= 4 is 21.4 Å². The smallest absolute Gasteiger partial charge is 0.489 e. The van der Waals surface area contributed by atoms with E-state index in [0.717, 1.165) is 31.5 Å². The summed E-state index contributed by atoms with van der Waals surface area (Å²) in [7, 11) is -5.80. The minimum absolute atomic E-state index is 0.0932. The van der Waals surface area contributed by atoms with Crippen LogP contribution in [0.4, 0.5) is 18.9 Å². The van der Waals surface area contributed by atoms with Crippen molar-refractivity contribution < 1.29 is 35.9 Å². The number of amides is 1. The molecule has 1 aliphatic rings. The SMILES string of the molecule is O=C(Nc1ccccc1OCC1CCCCO1)c1cccnc1S(=O)(=O)C(F)(F)F. The van der Waals surface area contributed by atoms with Gasteiger partial charge >= 0.3 is 5.51 Å². The lowest BCUT2D eigenvalue weighted by molar-refractivity contribution is -0.0438. The first-order chi connectivity index (χ1) is 14.2. The highest BCUT2D eigenvalue weighted by atomic mass is 32.2. The van der Waals surface area contributed by atoms with Gasteiger partial charge in [-0.25, -0.2) is 13.4 Å². The average molecular weight is 444 g/mol. The van der Waals surface area contributed by atoms with Crippen LogP contribution in [-0.4, -0.2) is 44.1 Å². The predicted molar refractivity (Wildman–Crippen MR) is 101 cm³/mol. The molecule has 30 heavy (non-hydrogen) atoms. The minimum Gasteiger partial charge on any atom is -0.489 e. The van der Waals surface area contributed by atoms with E-state index in [1.54, 1.807) is 18.2 Å². The van der Waals surface area contributed by atoms with Gasteiger partial charge in [0.05, 0.1) is 17.4 Å². The Balaban J connectivity index is 1.81. The third-order valence-electron chi connectivity index (χ3n) is 4.41. The predicted octanol–water partition coefficient (Wildman–Crippen LogP) is 3.58. The fourth-order valence-corrected chi connectivity index (χ4v) is 3.76. The van der Waals surface area contributed by atoms with Gasteiger partial charge in [-0.1, -0.05) is 12.1 Å². The van der Waals surface area contributed by atoms with E-state index in [4.69, 9.17) is 9.47 Å². The first-order valence-corrected chi connectivity index (χ1v) is 10.6. The summed E-state index contributed by atoms with van der Waals surface area (Å²) < 4.78 is 73.6. The number of nitrogens with one attached hydrogen (secondary N) is 1. The van der Waals surface area contributed by atoms with E-state index in [-0.39, 0.29) is 24.1 Å². The molecule has 3 rings (SSSR count). The molecule has 0 radical (unpaired) electrons. The highest BCUT2D eigenvalue weighted by molar-refractivity contribution is 7.92. The number of aromatic nitrogens is 1. The van der Waals surface area contributed by atoms with Gasteiger partial charge in [-0.3, -0.25) is 4.79 Å². The number of anilines is 1.